The summed E-state index contributed by atoms with van der Waals surface area (Å²) in [5.41, 5.74) is 20.2. The molecule has 0 radical (unpaired) electrons. The molecule has 2 aliphatic heterocycles. The number of anilines is 9. The molecule has 0 atom stereocenters. The van der Waals surface area contributed by atoms with Gasteiger partial charge in [0.2, 0.25) is 0 Å². The van der Waals surface area contributed by atoms with Crippen molar-refractivity contribution in [2.45, 2.75) is 19.3 Å². The summed E-state index contributed by atoms with van der Waals surface area (Å²) in [6.07, 6.45) is 0. The molecule has 0 bridgehead atoms. The highest BCUT2D eigenvalue weighted by molar-refractivity contribution is 6.12. The smallest absolute Gasteiger partial charge is 0.153 e. The zero-order valence-corrected chi connectivity index (χ0v) is 41.1. The third kappa shape index (κ3) is 7.08. The van der Waals surface area contributed by atoms with E-state index in [0.29, 0.717) is 0 Å². The molecule has 2 aliphatic rings. The zero-order chi connectivity index (χ0) is 49.3. The van der Waals surface area contributed by atoms with Gasteiger partial charge in [-0.1, -0.05) is 153 Å². The highest BCUT2D eigenvalue weighted by atomic mass is 16.5. The zero-order valence-electron chi connectivity index (χ0n) is 41.1. The standard InChI is InChI=1S/C69H50N4O/c1-69(2)59-27-15-16-28-63(59)72(52-23-11-5-12-24-52)64-40-34-50(44-60(64)69)49-33-39-61-57(43-49)58-45-55(37-41-62(58)71(61)51-21-9-4-10-22-51)70(54-35-31-48(32-36-54)47-19-7-3-8-20-47)56-38-42-66-68(46-56)74-67-30-18-17-29-65(67)73(66)53-25-13-6-14-26-53/h3-46H,1-2H3. The Morgan fingerprint density at radius 2 is 0.784 bits per heavy atom. The number of ether oxygens (including phenoxy) is 1. The Morgan fingerprint density at radius 3 is 1.50 bits per heavy atom. The summed E-state index contributed by atoms with van der Waals surface area (Å²) in [6.45, 7) is 4.73. The maximum Gasteiger partial charge on any atom is 0.153 e. The van der Waals surface area contributed by atoms with Gasteiger partial charge in [0.15, 0.2) is 11.5 Å². The lowest BCUT2D eigenvalue weighted by Gasteiger charge is -2.42. The van der Waals surface area contributed by atoms with E-state index >= 15 is 0 Å². The van der Waals surface area contributed by atoms with Crippen LogP contribution in [0.1, 0.15) is 25.0 Å². The molecule has 1 aromatic heterocycles. The first-order valence-corrected chi connectivity index (χ1v) is 25.4. The molecule has 14 rings (SSSR count). The predicted octanol–water partition coefficient (Wildman–Crippen LogP) is 19.3. The van der Waals surface area contributed by atoms with Crippen molar-refractivity contribution >= 4 is 73.0 Å². The summed E-state index contributed by atoms with van der Waals surface area (Å²) in [5, 5.41) is 2.34. The van der Waals surface area contributed by atoms with Crippen LogP contribution in [0, 0.1) is 0 Å². The molecular formula is C69H50N4O. The Labute approximate surface area is 431 Å². The lowest BCUT2D eigenvalue weighted by molar-refractivity contribution is 0.477. The summed E-state index contributed by atoms with van der Waals surface area (Å²) in [7, 11) is 0. The number of nitrogens with zero attached hydrogens (tertiary/aromatic N) is 4. The van der Waals surface area contributed by atoms with Crippen LogP contribution >= 0.6 is 0 Å². The number of para-hydroxylation sites is 6. The van der Waals surface area contributed by atoms with Crippen LogP contribution in [0.5, 0.6) is 11.5 Å². The van der Waals surface area contributed by atoms with Gasteiger partial charge in [0, 0.05) is 56.4 Å². The Morgan fingerprint density at radius 1 is 0.324 bits per heavy atom. The fourth-order valence-corrected chi connectivity index (χ4v) is 11.5. The van der Waals surface area contributed by atoms with E-state index in [9.17, 15) is 0 Å². The molecular weight excluding hydrogens is 901 g/mol. The topological polar surface area (TPSA) is 23.9 Å². The van der Waals surface area contributed by atoms with E-state index in [4.69, 9.17) is 4.74 Å². The van der Waals surface area contributed by atoms with E-state index in [-0.39, 0.29) is 5.41 Å². The molecule has 12 aromatic rings. The van der Waals surface area contributed by atoms with Gasteiger partial charge >= 0.3 is 0 Å². The normalized spacial score (nSPS) is 13.2. The minimum Gasteiger partial charge on any atom is -0.453 e. The number of rotatable bonds is 8. The molecule has 0 spiro atoms. The molecule has 0 saturated heterocycles. The van der Waals surface area contributed by atoms with Gasteiger partial charge < -0.3 is 24.0 Å². The molecule has 0 unspecified atom stereocenters. The quantitative estimate of drug-likeness (QED) is 0.151. The first kappa shape index (κ1) is 43.2. The molecule has 11 aromatic carbocycles. The average Bonchev–Trinajstić information content (AvgIpc) is 3.80. The number of benzene rings is 11. The third-order valence-electron chi connectivity index (χ3n) is 15.1. The molecule has 0 N–H and O–H groups in total. The Kier molecular flexibility index (Phi) is 10.1. The van der Waals surface area contributed by atoms with Crippen molar-refractivity contribution in [1.29, 1.82) is 0 Å². The van der Waals surface area contributed by atoms with Gasteiger partial charge in [0.1, 0.15) is 0 Å². The first-order chi connectivity index (χ1) is 36.5. The van der Waals surface area contributed by atoms with E-state index in [1.165, 1.54) is 44.6 Å². The van der Waals surface area contributed by atoms with Crippen molar-refractivity contribution in [3.8, 4) is 39.4 Å². The average molecular weight is 951 g/mol. The molecule has 352 valence electrons. The van der Waals surface area contributed by atoms with Crippen molar-refractivity contribution in [1.82, 2.24) is 4.57 Å². The second-order valence-electron chi connectivity index (χ2n) is 19.8. The van der Waals surface area contributed by atoms with Gasteiger partial charge in [-0.3, -0.25) is 0 Å². The fraction of sp³-hybridized carbons (Fsp3) is 0.0435. The molecule has 74 heavy (non-hydrogen) atoms. The second-order valence-corrected chi connectivity index (χ2v) is 19.8. The van der Waals surface area contributed by atoms with Crippen molar-refractivity contribution in [2.75, 3.05) is 14.7 Å². The fourth-order valence-electron chi connectivity index (χ4n) is 11.5. The van der Waals surface area contributed by atoms with Gasteiger partial charge in [-0.25, -0.2) is 0 Å². The molecule has 5 heteroatoms. The van der Waals surface area contributed by atoms with Crippen LogP contribution in [0.4, 0.5) is 51.2 Å². The van der Waals surface area contributed by atoms with E-state index in [2.05, 4.69) is 294 Å². The molecule has 0 amide bonds. The number of fused-ring (bicyclic) bond motifs is 7. The first-order valence-electron chi connectivity index (χ1n) is 25.4. The van der Waals surface area contributed by atoms with Gasteiger partial charge in [-0.2, -0.15) is 0 Å². The van der Waals surface area contributed by atoms with Crippen LogP contribution in [0.15, 0.2) is 267 Å². The summed E-state index contributed by atoms with van der Waals surface area (Å²) in [6, 6.07) is 96.3. The third-order valence-corrected chi connectivity index (χ3v) is 15.1. The number of hydrogen-bond donors (Lipinski definition) is 0. The van der Waals surface area contributed by atoms with Crippen molar-refractivity contribution in [2.24, 2.45) is 0 Å². The van der Waals surface area contributed by atoms with E-state index in [1.807, 2.05) is 6.07 Å². The minimum absolute atomic E-state index is 0.233. The van der Waals surface area contributed by atoms with Crippen LogP contribution in [-0.2, 0) is 5.41 Å². The Bertz CT molecular complexity index is 4070. The van der Waals surface area contributed by atoms with Crippen molar-refractivity contribution in [3.05, 3.63) is 278 Å². The predicted molar refractivity (Wildman–Crippen MR) is 308 cm³/mol. The minimum atomic E-state index is -0.233. The maximum absolute atomic E-state index is 6.82. The lowest BCUT2D eigenvalue weighted by Crippen LogP contribution is -2.30. The second kappa shape index (κ2) is 17.3. The molecule has 0 fully saturated rings. The van der Waals surface area contributed by atoms with Crippen LogP contribution < -0.4 is 19.4 Å². The Hall–Kier alpha value is -9.58. The van der Waals surface area contributed by atoms with Crippen LogP contribution in [0.3, 0.4) is 0 Å². The lowest BCUT2D eigenvalue weighted by atomic mass is 9.73. The summed E-state index contributed by atoms with van der Waals surface area (Å²) in [4.78, 5) is 7.08. The highest BCUT2D eigenvalue weighted by Gasteiger charge is 2.37. The van der Waals surface area contributed by atoms with Gasteiger partial charge in [0.25, 0.3) is 0 Å². The Balaban J connectivity index is 0.944. The van der Waals surface area contributed by atoms with E-state index < -0.39 is 0 Å². The maximum atomic E-state index is 6.82. The molecule has 3 heterocycles. The monoisotopic (exact) mass is 950 g/mol. The van der Waals surface area contributed by atoms with Crippen LogP contribution in [0.2, 0.25) is 0 Å². The molecule has 0 aliphatic carbocycles. The van der Waals surface area contributed by atoms with Gasteiger partial charge in [-0.15, -0.1) is 0 Å². The summed E-state index contributed by atoms with van der Waals surface area (Å²) < 4.78 is 9.23. The van der Waals surface area contributed by atoms with Crippen molar-refractivity contribution in [3.63, 3.8) is 0 Å². The van der Waals surface area contributed by atoms with Crippen LogP contribution in [-0.4, -0.2) is 4.57 Å². The van der Waals surface area contributed by atoms with Crippen LogP contribution in [0.25, 0.3) is 49.7 Å². The van der Waals surface area contributed by atoms with Gasteiger partial charge in [-0.05, 0) is 155 Å². The van der Waals surface area contributed by atoms with Gasteiger partial charge in [0.05, 0.1) is 33.8 Å². The summed E-state index contributed by atoms with van der Waals surface area (Å²) >= 11 is 0. The molecule has 5 nitrogen and oxygen atoms in total. The largest absolute Gasteiger partial charge is 0.453 e. The highest BCUT2D eigenvalue weighted by Crippen LogP contribution is 2.54. The SMILES string of the molecule is CC1(C)c2ccccc2N(c2ccccc2)c2ccc(-c3ccc4c(c3)c3cc(N(c5ccc(-c6ccccc6)cc5)c5ccc6c(c5)Oc5ccccc5N6c5ccccc5)ccc3n4-c3ccccc3)cc21. The number of aromatic nitrogens is 1. The number of hydrogen-bond acceptors (Lipinski definition) is 4. The van der Waals surface area contributed by atoms with E-state index in [0.717, 1.165) is 79.0 Å². The molecule has 0 saturated carbocycles. The van der Waals surface area contributed by atoms with E-state index in [1.54, 1.807) is 0 Å². The summed E-state index contributed by atoms with van der Waals surface area (Å²) in [5.74, 6) is 1.59. The van der Waals surface area contributed by atoms with Crippen molar-refractivity contribution < 1.29 is 4.74 Å².